The SMILES string of the molecule is CC(=O)N1CCN(Cc2ccc3c(c2)CN(C(=O)[C@@H]2COc4ccccc4O2)CCO3)CC1. The van der Waals surface area contributed by atoms with Gasteiger partial charge in [0.2, 0.25) is 12.0 Å². The fourth-order valence-electron chi connectivity index (χ4n) is 4.56. The smallest absolute Gasteiger partial charge is 0.267 e. The molecular weight excluding hydrogens is 422 g/mol. The predicted octanol–water partition coefficient (Wildman–Crippen LogP) is 1.91. The number of amides is 2. The minimum Gasteiger partial charge on any atom is -0.491 e. The highest BCUT2D eigenvalue weighted by atomic mass is 16.6. The summed E-state index contributed by atoms with van der Waals surface area (Å²) in [4.78, 5) is 30.8. The summed E-state index contributed by atoms with van der Waals surface area (Å²) in [6.07, 6.45) is -0.665. The van der Waals surface area contributed by atoms with E-state index >= 15 is 0 Å². The Morgan fingerprint density at radius 2 is 1.70 bits per heavy atom. The van der Waals surface area contributed by atoms with Crippen molar-refractivity contribution < 1.29 is 23.8 Å². The van der Waals surface area contributed by atoms with Crippen molar-refractivity contribution in [3.8, 4) is 17.2 Å². The first kappa shape index (κ1) is 21.6. The van der Waals surface area contributed by atoms with Gasteiger partial charge in [0.05, 0.1) is 6.54 Å². The monoisotopic (exact) mass is 451 g/mol. The lowest BCUT2D eigenvalue weighted by Crippen LogP contribution is -2.47. The average molecular weight is 452 g/mol. The van der Waals surface area contributed by atoms with Crippen molar-refractivity contribution in [3.05, 3.63) is 53.6 Å². The van der Waals surface area contributed by atoms with E-state index in [4.69, 9.17) is 14.2 Å². The van der Waals surface area contributed by atoms with Crippen LogP contribution >= 0.6 is 0 Å². The quantitative estimate of drug-likeness (QED) is 0.710. The number of ether oxygens (including phenoxy) is 3. The number of benzene rings is 2. The fourth-order valence-corrected chi connectivity index (χ4v) is 4.56. The lowest BCUT2D eigenvalue weighted by atomic mass is 10.1. The van der Waals surface area contributed by atoms with E-state index in [-0.39, 0.29) is 18.4 Å². The van der Waals surface area contributed by atoms with Crippen LogP contribution in [0.15, 0.2) is 42.5 Å². The molecule has 0 saturated carbocycles. The van der Waals surface area contributed by atoms with Crippen molar-refractivity contribution in [2.75, 3.05) is 45.9 Å². The third kappa shape index (κ3) is 4.75. The van der Waals surface area contributed by atoms with Crippen molar-refractivity contribution in [2.45, 2.75) is 26.1 Å². The molecular formula is C25H29N3O5. The van der Waals surface area contributed by atoms with Gasteiger partial charge in [0.25, 0.3) is 5.91 Å². The van der Waals surface area contributed by atoms with E-state index in [1.807, 2.05) is 35.2 Å². The lowest BCUT2D eigenvalue weighted by molar-refractivity contribution is -0.142. The van der Waals surface area contributed by atoms with Crippen LogP contribution < -0.4 is 14.2 Å². The van der Waals surface area contributed by atoms with Gasteiger partial charge in [-0.3, -0.25) is 14.5 Å². The van der Waals surface area contributed by atoms with Crippen molar-refractivity contribution >= 4 is 11.8 Å². The molecule has 0 aromatic heterocycles. The van der Waals surface area contributed by atoms with Crippen LogP contribution in [-0.4, -0.2) is 78.6 Å². The Balaban J connectivity index is 1.25. The zero-order chi connectivity index (χ0) is 22.8. The van der Waals surface area contributed by atoms with E-state index in [2.05, 4.69) is 17.0 Å². The number of rotatable bonds is 3. The molecule has 3 heterocycles. The van der Waals surface area contributed by atoms with Gasteiger partial charge in [-0.05, 0) is 29.8 Å². The molecule has 5 rings (SSSR count). The van der Waals surface area contributed by atoms with Crippen molar-refractivity contribution in [2.24, 2.45) is 0 Å². The minimum atomic E-state index is -0.665. The molecule has 1 fully saturated rings. The Bertz CT molecular complexity index is 1030. The summed E-state index contributed by atoms with van der Waals surface area (Å²) in [5.74, 6) is 2.13. The van der Waals surface area contributed by atoms with Gasteiger partial charge in [-0.15, -0.1) is 0 Å². The Kier molecular flexibility index (Phi) is 6.09. The number of carbonyl (C=O) groups excluding carboxylic acids is 2. The van der Waals surface area contributed by atoms with Gasteiger partial charge in [0, 0.05) is 51.8 Å². The van der Waals surface area contributed by atoms with E-state index in [1.165, 1.54) is 5.56 Å². The maximum absolute atomic E-state index is 13.2. The third-order valence-electron chi connectivity index (χ3n) is 6.42. The predicted molar refractivity (Wildman–Crippen MR) is 121 cm³/mol. The average Bonchev–Trinajstić information content (AvgIpc) is 3.06. The molecule has 1 saturated heterocycles. The van der Waals surface area contributed by atoms with Crippen molar-refractivity contribution in [1.29, 1.82) is 0 Å². The topological polar surface area (TPSA) is 71.6 Å². The highest BCUT2D eigenvalue weighted by Crippen LogP contribution is 2.32. The van der Waals surface area contributed by atoms with E-state index in [0.29, 0.717) is 31.2 Å². The maximum atomic E-state index is 13.2. The Morgan fingerprint density at radius 3 is 2.48 bits per heavy atom. The van der Waals surface area contributed by atoms with E-state index in [9.17, 15) is 9.59 Å². The maximum Gasteiger partial charge on any atom is 0.267 e. The van der Waals surface area contributed by atoms with E-state index in [1.54, 1.807) is 11.8 Å². The third-order valence-corrected chi connectivity index (χ3v) is 6.42. The number of fused-ring (bicyclic) bond motifs is 2. The summed E-state index contributed by atoms with van der Waals surface area (Å²) in [5, 5.41) is 0. The molecule has 0 spiro atoms. The van der Waals surface area contributed by atoms with E-state index < -0.39 is 6.10 Å². The second-order valence-corrected chi connectivity index (χ2v) is 8.70. The molecule has 0 bridgehead atoms. The highest BCUT2D eigenvalue weighted by molar-refractivity contribution is 5.82. The summed E-state index contributed by atoms with van der Waals surface area (Å²) in [7, 11) is 0. The number of hydrogen-bond acceptors (Lipinski definition) is 6. The summed E-state index contributed by atoms with van der Waals surface area (Å²) in [6, 6.07) is 13.6. The molecule has 0 unspecified atom stereocenters. The Hall–Kier alpha value is -3.26. The van der Waals surface area contributed by atoms with Gasteiger partial charge in [-0.25, -0.2) is 0 Å². The molecule has 3 aliphatic rings. The summed E-state index contributed by atoms with van der Waals surface area (Å²) in [5.41, 5.74) is 2.17. The molecule has 2 amide bonds. The van der Waals surface area contributed by atoms with Crippen molar-refractivity contribution in [3.63, 3.8) is 0 Å². The zero-order valence-corrected chi connectivity index (χ0v) is 18.9. The Labute approximate surface area is 193 Å². The van der Waals surface area contributed by atoms with Crippen LogP contribution in [-0.2, 0) is 22.7 Å². The molecule has 8 nitrogen and oxygen atoms in total. The van der Waals surface area contributed by atoms with Gasteiger partial charge in [0.15, 0.2) is 11.5 Å². The van der Waals surface area contributed by atoms with Gasteiger partial charge >= 0.3 is 0 Å². The molecule has 174 valence electrons. The highest BCUT2D eigenvalue weighted by Gasteiger charge is 2.32. The van der Waals surface area contributed by atoms with Crippen LogP contribution in [0.3, 0.4) is 0 Å². The van der Waals surface area contributed by atoms with E-state index in [0.717, 1.165) is 44.0 Å². The van der Waals surface area contributed by atoms with Crippen LogP contribution in [0.2, 0.25) is 0 Å². The Morgan fingerprint density at radius 1 is 0.909 bits per heavy atom. The van der Waals surface area contributed by atoms with Crippen LogP contribution in [0.4, 0.5) is 0 Å². The standard InChI is InChI=1S/C25H29N3O5/c1-18(29)27-10-8-26(9-11-27)15-19-6-7-21-20(14-19)16-28(12-13-31-21)25(30)24-17-32-22-4-2-3-5-23(22)33-24/h2-7,14,24H,8-13,15-17H2,1H3/t24-/m0/s1. The molecule has 0 N–H and O–H groups in total. The molecule has 8 heteroatoms. The number of nitrogens with zero attached hydrogens (tertiary/aromatic N) is 3. The van der Waals surface area contributed by atoms with Gasteiger partial charge in [-0.2, -0.15) is 0 Å². The van der Waals surface area contributed by atoms with Crippen molar-refractivity contribution in [1.82, 2.24) is 14.7 Å². The lowest BCUT2D eigenvalue weighted by Gasteiger charge is -2.34. The second kappa shape index (κ2) is 9.31. The number of para-hydroxylation sites is 2. The second-order valence-electron chi connectivity index (χ2n) is 8.70. The number of carbonyl (C=O) groups is 2. The molecule has 0 aliphatic carbocycles. The first-order valence-electron chi connectivity index (χ1n) is 11.5. The molecule has 1 atom stereocenters. The summed E-state index contributed by atoms with van der Waals surface area (Å²) >= 11 is 0. The molecule has 2 aromatic rings. The van der Waals surface area contributed by atoms with Gasteiger partial charge < -0.3 is 24.0 Å². The fraction of sp³-hybridized carbons (Fsp3) is 0.440. The minimum absolute atomic E-state index is 0.0910. The molecule has 3 aliphatic heterocycles. The largest absolute Gasteiger partial charge is 0.491 e. The van der Waals surface area contributed by atoms with Crippen LogP contribution in [0.5, 0.6) is 17.2 Å². The number of hydrogen-bond donors (Lipinski definition) is 0. The number of piperazine rings is 1. The van der Waals surface area contributed by atoms with Crippen LogP contribution in [0.25, 0.3) is 0 Å². The normalized spacial score (nSPS) is 20.5. The zero-order valence-electron chi connectivity index (χ0n) is 18.9. The first-order chi connectivity index (χ1) is 16.1. The van der Waals surface area contributed by atoms with Gasteiger partial charge in [-0.1, -0.05) is 18.2 Å². The first-order valence-corrected chi connectivity index (χ1v) is 11.5. The van der Waals surface area contributed by atoms with Crippen LogP contribution in [0, 0.1) is 0 Å². The van der Waals surface area contributed by atoms with Crippen LogP contribution in [0.1, 0.15) is 18.1 Å². The van der Waals surface area contributed by atoms with Gasteiger partial charge in [0.1, 0.15) is 19.0 Å². The molecule has 2 aromatic carbocycles. The summed E-state index contributed by atoms with van der Waals surface area (Å²) < 4.78 is 17.6. The summed E-state index contributed by atoms with van der Waals surface area (Å²) in [6.45, 7) is 7.29. The molecule has 0 radical (unpaired) electrons. The molecule has 33 heavy (non-hydrogen) atoms.